The molecule has 0 atom stereocenters. The fourth-order valence-electron chi connectivity index (χ4n) is 1.67. The Hall–Kier alpha value is -1.75. The van der Waals surface area contributed by atoms with Crippen LogP contribution >= 0.6 is 11.3 Å². The molecule has 0 fully saturated rings. The molecule has 0 aliphatic heterocycles. The first-order valence-electron chi connectivity index (χ1n) is 7.52. The molecule has 0 aliphatic rings. The molecular formula is C17H26O4S. The molecule has 0 bridgehead atoms. The third kappa shape index (κ3) is 4.91. The van der Waals surface area contributed by atoms with Crippen LogP contribution in [0.15, 0.2) is 18.2 Å². The van der Waals surface area contributed by atoms with Crippen LogP contribution in [-0.2, 0) is 4.74 Å². The van der Waals surface area contributed by atoms with Gasteiger partial charge in [-0.3, -0.25) is 0 Å². The molecule has 1 aromatic carbocycles. The van der Waals surface area contributed by atoms with E-state index in [0.29, 0.717) is 23.0 Å². The summed E-state index contributed by atoms with van der Waals surface area (Å²) in [6, 6.07) is 5.52. The first-order chi connectivity index (χ1) is 10.7. The van der Waals surface area contributed by atoms with Crippen LogP contribution in [0.1, 0.15) is 44.3 Å². The lowest BCUT2D eigenvalue weighted by Crippen LogP contribution is -2.01. The summed E-state index contributed by atoms with van der Waals surface area (Å²) in [6.45, 7) is 10.2. The Morgan fingerprint density at radius 3 is 2.05 bits per heavy atom. The molecule has 1 aromatic heterocycles. The quantitative estimate of drug-likeness (QED) is 0.729. The van der Waals surface area contributed by atoms with Gasteiger partial charge in [0.25, 0.3) is 0 Å². The first kappa shape index (κ1) is 20.2. The Morgan fingerprint density at radius 1 is 1.00 bits per heavy atom. The summed E-state index contributed by atoms with van der Waals surface area (Å²) in [7, 11) is 3.17. The smallest absolute Gasteiger partial charge is 0.348 e. The molecule has 0 amide bonds. The minimum Gasteiger partial charge on any atom is -0.493 e. The summed E-state index contributed by atoms with van der Waals surface area (Å²) in [5, 5.41) is 0.945. The van der Waals surface area contributed by atoms with Gasteiger partial charge >= 0.3 is 5.97 Å². The Kier molecular flexibility index (Phi) is 10.0. The van der Waals surface area contributed by atoms with Gasteiger partial charge in [-0.1, -0.05) is 27.7 Å². The number of methoxy groups -OCH3 is 2. The van der Waals surface area contributed by atoms with Crippen molar-refractivity contribution in [1.29, 1.82) is 0 Å². The molecule has 2 aromatic rings. The van der Waals surface area contributed by atoms with E-state index in [-0.39, 0.29) is 5.97 Å². The number of hydrogen-bond acceptors (Lipinski definition) is 5. The zero-order valence-electron chi connectivity index (χ0n) is 14.5. The van der Waals surface area contributed by atoms with Gasteiger partial charge in [-0.25, -0.2) is 4.79 Å². The zero-order valence-corrected chi connectivity index (χ0v) is 15.3. The van der Waals surface area contributed by atoms with E-state index < -0.39 is 0 Å². The normalized spacial score (nSPS) is 9.05. The minimum absolute atomic E-state index is 0.295. The lowest BCUT2D eigenvalue weighted by atomic mass is 10.2. The highest BCUT2D eigenvalue weighted by Crippen LogP contribution is 2.36. The molecule has 0 radical (unpaired) electrons. The molecule has 5 heteroatoms. The van der Waals surface area contributed by atoms with Crippen LogP contribution in [0.4, 0.5) is 0 Å². The van der Waals surface area contributed by atoms with Gasteiger partial charge in [0.1, 0.15) is 4.88 Å². The maximum Gasteiger partial charge on any atom is 0.348 e. The number of ether oxygens (including phenoxy) is 3. The topological polar surface area (TPSA) is 44.8 Å². The average molecular weight is 326 g/mol. The van der Waals surface area contributed by atoms with Crippen molar-refractivity contribution < 1.29 is 19.0 Å². The van der Waals surface area contributed by atoms with E-state index in [1.165, 1.54) is 11.3 Å². The first-order valence-corrected chi connectivity index (χ1v) is 8.34. The third-order valence-corrected chi connectivity index (χ3v) is 3.58. The fourth-order valence-corrected chi connectivity index (χ4v) is 2.64. The van der Waals surface area contributed by atoms with E-state index in [1.54, 1.807) is 27.2 Å². The maximum absolute atomic E-state index is 11.6. The number of hydrogen-bond donors (Lipinski definition) is 0. The molecule has 1 heterocycles. The van der Waals surface area contributed by atoms with Crippen molar-refractivity contribution in [3.63, 3.8) is 0 Å². The van der Waals surface area contributed by atoms with Crippen LogP contribution in [0, 0.1) is 0 Å². The second-order valence-corrected chi connectivity index (χ2v) is 4.66. The summed E-state index contributed by atoms with van der Waals surface area (Å²) in [4.78, 5) is 12.2. The molecule has 4 nitrogen and oxygen atoms in total. The SMILES string of the molecule is CC.CC.CCOC(=O)c1cc2cc(OC)c(OC)cc2s1. The van der Waals surface area contributed by atoms with Crippen molar-refractivity contribution in [1.82, 2.24) is 0 Å². The van der Waals surface area contributed by atoms with Gasteiger partial charge in [0, 0.05) is 10.8 Å². The number of esters is 1. The number of benzene rings is 1. The molecule has 0 saturated heterocycles. The van der Waals surface area contributed by atoms with Crippen LogP contribution in [0.5, 0.6) is 11.5 Å². The van der Waals surface area contributed by atoms with E-state index in [1.807, 2.05) is 39.8 Å². The number of carbonyl (C=O) groups excluding carboxylic acids is 1. The number of thiophene rings is 1. The second kappa shape index (κ2) is 10.9. The van der Waals surface area contributed by atoms with Crippen LogP contribution in [-0.4, -0.2) is 26.8 Å². The average Bonchev–Trinajstić information content (AvgIpc) is 3.00. The highest BCUT2D eigenvalue weighted by molar-refractivity contribution is 7.20. The molecule has 22 heavy (non-hydrogen) atoms. The number of fused-ring (bicyclic) bond motifs is 1. The molecule has 0 unspecified atom stereocenters. The van der Waals surface area contributed by atoms with Gasteiger partial charge in [-0.15, -0.1) is 11.3 Å². The minimum atomic E-state index is -0.295. The predicted molar refractivity (Wildman–Crippen MR) is 93.6 cm³/mol. The molecule has 0 saturated carbocycles. The largest absolute Gasteiger partial charge is 0.493 e. The highest BCUT2D eigenvalue weighted by atomic mass is 32.1. The van der Waals surface area contributed by atoms with Crippen molar-refractivity contribution in [2.24, 2.45) is 0 Å². The Labute approximate surface area is 137 Å². The zero-order chi connectivity index (χ0) is 17.1. The second-order valence-electron chi connectivity index (χ2n) is 3.58. The summed E-state index contributed by atoms with van der Waals surface area (Å²) >= 11 is 1.38. The van der Waals surface area contributed by atoms with Crippen LogP contribution in [0.25, 0.3) is 10.1 Å². The summed E-state index contributed by atoms with van der Waals surface area (Å²) in [6.07, 6.45) is 0. The fraction of sp³-hybridized carbons (Fsp3) is 0.471. The lowest BCUT2D eigenvalue weighted by Gasteiger charge is -2.06. The van der Waals surface area contributed by atoms with Crippen molar-refractivity contribution in [2.45, 2.75) is 34.6 Å². The Morgan fingerprint density at radius 2 is 1.55 bits per heavy atom. The van der Waals surface area contributed by atoms with Gasteiger partial charge in [0.2, 0.25) is 0 Å². The van der Waals surface area contributed by atoms with Crippen LogP contribution in [0.3, 0.4) is 0 Å². The summed E-state index contributed by atoms with van der Waals surface area (Å²) in [5.41, 5.74) is 0. The molecule has 2 rings (SSSR count). The molecule has 0 aliphatic carbocycles. The van der Waals surface area contributed by atoms with E-state index >= 15 is 0 Å². The molecule has 124 valence electrons. The highest BCUT2D eigenvalue weighted by Gasteiger charge is 2.14. The predicted octanol–water partition coefficient (Wildman–Crippen LogP) is 5.15. The molecule has 0 spiro atoms. The van der Waals surface area contributed by atoms with E-state index in [9.17, 15) is 4.79 Å². The van der Waals surface area contributed by atoms with Crippen LogP contribution in [0.2, 0.25) is 0 Å². The Balaban J connectivity index is 0.00000102. The van der Waals surface area contributed by atoms with E-state index in [2.05, 4.69) is 0 Å². The summed E-state index contributed by atoms with van der Waals surface area (Å²) in [5.74, 6) is 1.01. The third-order valence-electron chi connectivity index (χ3n) is 2.50. The van der Waals surface area contributed by atoms with Crippen LogP contribution < -0.4 is 9.47 Å². The molecular weight excluding hydrogens is 300 g/mol. The van der Waals surface area contributed by atoms with Gasteiger partial charge in [-0.05, 0) is 24.4 Å². The van der Waals surface area contributed by atoms with Gasteiger partial charge in [0.05, 0.1) is 20.8 Å². The van der Waals surface area contributed by atoms with E-state index in [4.69, 9.17) is 14.2 Å². The van der Waals surface area contributed by atoms with Crippen molar-refractivity contribution >= 4 is 27.4 Å². The Bertz CT molecular complexity index is 534. The number of rotatable bonds is 4. The van der Waals surface area contributed by atoms with Crippen molar-refractivity contribution in [3.05, 3.63) is 23.1 Å². The summed E-state index contributed by atoms with van der Waals surface area (Å²) < 4.78 is 16.4. The van der Waals surface area contributed by atoms with Crippen molar-refractivity contribution in [3.8, 4) is 11.5 Å². The van der Waals surface area contributed by atoms with E-state index in [0.717, 1.165) is 10.1 Å². The monoisotopic (exact) mass is 326 g/mol. The number of carbonyl (C=O) groups is 1. The molecule has 0 N–H and O–H groups in total. The lowest BCUT2D eigenvalue weighted by molar-refractivity contribution is 0.0532. The van der Waals surface area contributed by atoms with Gasteiger partial charge < -0.3 is 14.2 Å². The van der Waals surface area contributed by atoms with Gasteiger partial charge in [-0.2, -0.15) is 0 Å². The standard InChI is InChI=1S/C13H14O4S.2C2H6/c1-4-17-13(14)12-6-8-5-9(15-2)10(16-3)7-11(8)18-12;2*1-2/h5-7H,4H2,1-3H3;2*1-2H3. The maximum atomic E-state index is 11.6. The van der Waals surface area contributed by atoms with Gasteiger partial charge in [0.15, 0.2) is 11.5 Å². The van der Waals surface area contributed by atoms with Crippen molar-refractivity contribution in [2.75, 3.05) is 20.8 Å².